The lowest BCUT2D eigenvalue weighted by atomic mass is 10.0. The Morgan fingerprint density at radius 1 is 1.50 bits per heavy atom. The van der Waals surface area contributed by atoms with Crippen molar-refractivity contribution in [1.82, 2.24) is 9.97 Å². The number of rotatable bonds is 2. The Morgan fingerprint density at radius 3 is 3.00 bits per heavy atom. The Bertz CT molecular complexity index is 471. The van der Waals surface area contributed by atoms with Crippen LogP contribution in [0.1, 0.15) is 24.2 Å². The molecule has 0 amide bonds. The molecule has 0 aliphatic heterocycles. The number of carbonyl (C=O) groups is 1. The smallest absolute Gasteiger partial charge is 0.166 e. The van der Waals surface area contributed by atoms with Gasteiger partial charge in [-0.2, -0.15) is 0 Å². The van der Waals surface area contributed by atoms with Gasteiger partial charge in [0.2, 0.25) is 0 Å². The molecule has 2 heterocycles. The van der Waals surface area contributed by atoms with Crippen molar-refractivity contribution in [1.29, 1.82) is 0 Å². The Kier molecular flexibility index (Phi) is 2.08. The molecule has 0 saturated heterocycles. The second kappa shape index (κ2) is 3.25. The molecule has 3 nitrogen and oxygen atoms in total. The summed E-state index contributed by atoms with van der Waals surface area (Å²) in [6, 6.07) is 3.79. The molecule has 0 spiro atoms. The maximum atomic E-state index is 11.7. The predicted molar refractivity (Wildman–Crippen MR) is 55.3 cm³/mol. The Morgan fingerprint density at radius 2 is 2.29 bits per heavy atom. The van der Waals surface area contributed by atoms with Crippen LogP contribution in [0.5, 0.6) is 0 Å². The van der Waals surface area contributed by atoms with Crippen LogP contribution < -0.4 is 0 Å². The molecule has 0 saturated carbocycles. The number of aromatic nitrogens is 2. The molecule has 2 aromatic heterocycles. The fraction of sp³-hybridized carbons (Fsp3) is 0.273. The van der Waals surface area contributed by atoms with Crippen LogP contribution in [0.15, 0.2) is 24.5 Å². The highest BCUT2D eigenvalue weighted by Crippen LogP contribution is 2.14. The van der Waals surface area contributed by atoms with Gasteiger partial charge in [0.1, 0.15) is 5.65 Å². The fourth-order valence-electron chi connectivity index (χ4n) is 1.41. The van der Waals surface area contributed by atoms with Crippen LogP contribution in [0, 0.1) is 5.92 Å². The monoisotopic (exact) mass is 188 g/mol. The highest BCUT2D eigenvalue weighted by atomic mass is 16.1. The lowest BCUT2D eigenvalue weighted by Crippen LogP contribution is -2.07. The van der Waals surface area contributed by atoms with Gasteiger partial charge in [-0.25, -0.2) is 4.98 Å². The van der Waals surface area contributed by atoms with E-state index in [1.165, 1.54) is 0 Å². The summed E-state index contributed by atoms with van der Waals surface area (Å²) >= 11 is 0. The second-order valence-corrected chi connectivity index (χ2v) is 3.66. The Labute approximate surface area is 82.2 Å². The van der Waals surface area contributed by atoms with Gasteiger partial charge < -0.3 is 4.98 Å². The van der Waals surface area contributed by atoms with E-state index in [-0.39, 0.29) is 11.7 Å². The molecule has 0 radical (unpaired) electrons. The zero-order chi connectivity index (χ0) is 10.1. The summed E-state index contributed by atoms with van der Waals surface area (Å²) in [4.78, 5) is 18.8. The van der Waals surface area contributed by atoms with Crippen molar-refractivity contribution < 1.29 is 4.79 Å². The number of nitrogens with zero attached hydrogens (tertiary/aromatic N) is 1. The number of hydrogen-bond acceptors (Lipinski definition) is 2. The molecule has 1 N–H and O–H groups in total. The van der Waals surface area contributed by atoms with E-state index in [2.05, 4.69) is 9.97 Å². The highest BCUT2D eigenvalue weighted by Gasteiger charge is 2.11. The summed E-state index contributed by atoms with van der Waals surface area (Å²) in [6.07, 6.45) is 3.45. The van der Waals surface area contributed by atoms with Crippen LogP contribution in [-0.4, -0.2) is 15.8 Å². The number of H-pyrrole nitrogens is 1. The predicted octanol–water partition coefficient (Wildman–Crippen LogP) is 2.40. The third-order valence-electron chi connectivity index (χ3n) is 2.21. The molecule has 0 aromatic carbocycles. The van der Waals surface area contributed by atoms with Crippen molar-refractivity contribution in [2.75, 3.05) is 0 Å². The van der Waals surface area contributed by atoms with Gasteiger partial charge in [0.05, 0.1) is 0 Å². The number of carbonyl (C=O) groups excluding carboxylic acids is 1. The quantitative estimate of drug-likeness (QED) is 0.735. The molecule has 0 aliphatic carbocycles. The van der Waals surface area contributed by atoms with Crippen molar-refractivity contribution in [3.05, 3.63) is 30.1 Å². The maximum Gasteiger partial charge on any atom is 0.166 e. The van der Waals surface area contributed by atoms with E-state index in [0.717, 1.165) is 11.0 Å². The summed E-state index contributed by atoms with van der Waals surface area (Å²) in [6.45, 7) is 3.79. The van der Waals surface area contributed by atoms with Crippen molar-refractivity contribution in [3.8, 4) is 0 Å². The van der Waals surface area contributed by atoms with Gasteiger partial charge >= 0.3 is 0 Å². The molecule has 2 aromatic rings. The van der Waals surface area contributed by atoms with E-state index in [9.17, 15) is 4.79 Å². The van der Waals surface area contributed by atoms with E-state index < -0.39 is 0 Å². The molecule has 0 atom stereocenters. The summed E-state index contributed by atoms with van der Waals surface area (Å²) in [5.74, 6) is 0.161. The first-order valence-corrected chi connectivity index (χ1v) is 4.66. The minimum atomic E-state index is 0.0215. The SMILES string of the molecule is CC(C)C(=O)c1cnc2[nH]ccc2c1. The topological polar surface area (TPSA) is 45.8 Å². The van der Waals surface area contributed by atoms with E-state index in [1.807, 2.05) is 32.2 Å². The third-order valence-corrected chi connectivity index (χ3v) is 2.21. The first kappa shape index (κ1) is 8.94. The number of nitrogens with one attached hydrogen (secondary N) is 1. The van der Waals surface area contributed by atoms with E-state index in [0.29, 0.717) is 5.56 Å². The molecule has 0 aliphatic rings. The number of fused-ring (bicyclic) bond motifs is 1. The summed E-state index contributed by atoms with van der Waals surface area (Å²) in [7, 11) is 0. The first-order chi connectivity index (χ1) is 6.68. The maximum absolute atomic E-state index is 11.7. The first-order valence-electron chi connectivity index (χ1n) is 4.66. The fourth-order valence-corrected chi connectivity index (χ4v) is 1.41. The van der Waals surface area contributed by atoms with Crippen LogP contribution >= 0.6 is 0 Å². The largest absolute Gasteiger partial charge is 0.346 e. The van der Waals surface area contributed by atoms with Crippen molar-refractivity contribution in [2.24, 2.45) is 5.92 Å². The average Bonchev–Trinajstić information content (AvgIpc) is 2.62. The van der Waals surface area contributed by atoms with Crippen molar-refractivity contribution >= 4 is 16.8 Å². The molecular formula is C11H12N2O. The number of aromatic amines is 1. The van der Waals surface area contributed by atoms with Crippen LogP contribution in [-0.2, 0) is 0 Å². The van der Waals surface area contributed by atoms with Crippen LogP contribution in [0.4, 0.5) is 0 Å². The van der Waals surface area contributed by atoms with E-state index in [1.54, 1.807) is 6.20 Å². The zero-order valence-corrected chi connectivity index (χ0v) is 8.24. The summed E-state index contributed by atoms with van der Waals surface area (Å²) < 4.78 is 0. The molecule has 0 fully saturated rings. The second-order valence-electron chi connectivity index (χ2n) is 3.66. The van der Waals surface area contributed by atoms with Crippen LogP contribution in [0.2, 0.25) is 0 Å². The van der Waals surface area contributed by atoms with Crippen LogP contribution in [0.3, 0.4) is 0 Å². The summed E-state index contributed by atoms with van der Waals surface area (Å²) in [5, 5.41) is 0.983. The average molecular weight is 188 g/mol. The molecule has 0 unspecified atom stereocenters. The van der Waals surface area contributed by atoms with Crippen LogP contribution in [0.25, 0.3) is 11.0 Å². The highest BCUT2D eigenvalue weighted by molar-refractivity contribution is 5.99. The molecule has 72 valence electrons. The minimum Gasteiger partial charge on any atom is -0.346 e. The molecule has 14 heavy (non-hydrogen) atoms. The minimum absolute atomic E-state index is 0.0215. The van der Waals surface area contributed by atoms with Gasteiger partial charge in [-0.1, -0.05) is 13.8 Å². The number of hydrogen-bond donors (Lipinski definition) is 1. The Balaban J connectivity index is 2.48. The molecular weight excluding hydrogens is 176 g/mol. The molecule has 3 heteroatoms. The lowest BCUT2D eigenvalue weighted by molar-refractivity contribution is 0.0939. The Hall–Kier alpha value is -1.64. The van der Waals surface area contributed by atoms with Crippen molar-refractivity contribution in [2.45, 2.75) is 13.8 Å². The van der Waals surface area contributed by atoms with E-state index in [4.69, 9.17) is 0 Å². The van der Waals surface area contributed by atoms with Gasteiger partial charge in [-0.3, -0.25) is 4.79 Å². The normalized spacial score (nSPS) is 11.1. The van der Waals surface area contributed by atoms with Gasteiger partial charge in [0.25, 0.3) is 0 Å². The van der Waals surface area contributed by atoms with Gasteiger partial charge in [-0.15, -0.1) is 0 Å². The standard InChI is InChI=1S/C11H12N2O/c1-7(2)10(14)9-5-8-3-4-12-11(8)13-6-9/h3-7H,1-2H3,(H,12,13). The van der Waals surface area contributed by atoms with Gasteiger partial charge in [-0.05, 0) is 12.1 Å². The number of Topliss-reactive ketones (excluding diaryl/α,β-unsaturated/α-hetero) is 1. The molecule has 2 rings (SSSR count). The van der Waals surface area contributed by atoms with Gasteiger partial charge in [0, 0.05) is 29.3 Å². The lowest BCUT2D eigenvalue weighted by Gasteiger charge is -2.02. The number of ketones is 1. The molecule has 0 bridgehead atoms. The summed E-state index contributed by atoms with van der Waals surface area (Å²) in [5.41, 5.74) is 1.51. The number of pyridine rings is 1. The van der Waals surface area contributed by atoms with E-state index >= 15 is 0 Å². The third kappa shape index (κ3) is 1.41. The van der Waals surface area contributed by atoms with Crippen molar-refractivity contribution in [3.63, 3.8) is 0 Å². The van der Waals surface area contributed by atoms with Gasteiger partial charge in [0.15, 0.2) is 5.78 Å². The zero-order valence-electron chi connectivity index (χ0n) is 8.24.